The lowest BCUT2D eigenvalue weighted by atomic mass is 10.1. The summed E-state index contributed by atoms with van der Waals surface area (Å²) in [4.78, 5) is 11.9. The lowest BCUT2D eigenvalue weighted by Crippen LogP contribution is -2.30. The van der Waals surface area contributed by atoms with Crippen LogP contribution in [0.15, 0.2) is 42.7 Å². The minimum Gasteiger partial charge on any atom is -0.350 e. The number of carbonyl (C=O) groups excluding carboxylic acids is 1. The molecule has 0 radical (unpaired) electrons. The van der Waals surface area contributed by atoms with E-state index in [0.29, 0.717) is 13.0 Å². The Morgan fingerprint density at radius 3 is 2.73 bits per heavy atom. The van der Waals surface area contributed by atoms with E-state index in [0.717, 1.165) is 24.2 Å². The van der Waals surface area contributed by atoms with Crippen LogP contribution in [-0.2, 0) is 11.3 Å². The number of aromatic nitrogens is 2. The SMILES string of the molecule is Cc1cnn(CCNCCC(=O)N[C@H](C)c2ccccc2)c1. The minimum atomic E-state index is 0.0424. The van der Waals surface area contributed by atoms with Crippen molar-refractivity contribution in [3.05, 3.63) is 53.9 Å². The van der Waals surface area contributed by atoms with E-state index in [1.165, 1.54) is 0 Å². The fourth-order valence-corrected chi connectivity index (χ4v) is 2.25. The number of carbonyl (C=O) groups is 1. The van der Waals surface area contributed by atoms with Crippen molar-refractivity contribution in [2.24, 2.45) is 0 Å². The molecule has 22 heavy (non-hydrogen) atoms. The van der Waals surface area contributed by atoms with Crippen molar-refractivity contribution in [2.45, 2.75) is 32.9 Å². The molecule has 1 atom stereocenters. The summed E-state index contributed by atoms with van der Waals surface area (Å²) in [6.45, 7) is 6.32. The second kappa shape index (κ2) is 8.34. The normalized spacial score (nSPS) is 12.1. The van der Waals surface area contributed by atoms with E-state index < -0.39 is 0 Å². The van der Waals surface area contributed by atoms with Gasteiger partial charge in [0.2, 0.25) is 5.91 Å². The van der Waals surface area contributed by atoms with Crippen LogP contribution in [0, 0.1) is 6.92 Å². The van der Waals surface area contributed by atoms with Crippen molar-refractivity contribution in [1.82, 2.24) is 20.4 Å². The highest BCUT2D eigenvalue weighted by Crippen LogP contribution is 2.10. The number of benzene rings is 1. The van der Waals surface area contributed by atoms with Crippen molar-refractivity contribution in [2.75, 3.05) is 13.1 Å². The second-order valence-corrected chi connectivity index (χ2v) is 5.48. The smallest absolute Gasteiger partial charge is 0.221 e. The average molecular weight is 300 g/mol. The Bertz CT molecular complexity index is 579. The van der Waals surface area contributed by atoms with Crippen LogP contribution in [0.5, 0.6) is 0 Å². The zero-order chi connectivity index (χ0) is 15.8. The first-order valence-electron chi connectivity index (χ1n) is 7.69. The molecule has 1 aromatic carbocycles. The standard InChI is InChI=1S/C17H24N4O/c1-14-12-19-21(13-14)11-10-18-9-8-17(22)20-15(2)16-6-4-3-5-7-16/h3-7,12-13,15,18H,8-11H2,1-2H3,(H,20,22)/t15-/m1/s1. The van der Waals surface area contributed by atoms with Crippen molar-refractivity contribution >= 4 is 5.91 Å². The third kappa shape index (κ3) is 5.33. The van der Waals surface area contributed by atoms with Gasteiger partial charge < -0.3 is 10.6 Å². The monoisotopic (exact) mass is 300 g/mol. The number of amides is 1. The molecule has 1 aromatic heterocycles. The van der Waals surface area contributed by atoms with Gasteiger partial charge in [0, 0.05) is 25.7 Å². The second-order valence-electron chi connectivity index (χ2n) is 5.48. The topological polar surface area (TPSA) is 59.0 Å². The van der Waals surface area contributed by atoms with Gasteiger partial charge in [-0.15, -0.1) is 0 Å². The Labute approximate surface area is 131 Å². The molecule has 0 aliphatic heterocycles. The molecule has 2 aromatic rings. The van der Waals surface area contributed by atoms with Gasteiger partial charge in [-0.1, -0.05) is 30.3 Å². The van der Waals surface area contributed by atoms with Crippen molar-refractivity contribution in [1.29, 1.82) is 0 Å². The summed E-state index contributed by atoms with van der Waals surface area (Å²) in [5.74, 6) is 0.0683. The molecule has 0 fully saturated rings. The molecule has 0 unspecified atom stereocenters. The number of nitrogens with one attached hydrogen (secondary N) is 2. The van der Waals surface area contributed by atoms with E-state index in [9.17, 15) is 4.79 Å². The molecular weight excluding hydrogens is 276 g/mol. The lowest BCUT2D eigenvalue weighted by Gasteiger charge is -2.14. The van der Waals surface area contributed by atoms with E-state index in [-0.39, 0.29) is 11.9 Å². The zero-order valence-electron chi connectivity index (χ0n) is 13.2. The Kier molecular flexibility index (Phi) is 6.15. The van der Waals surface area contributed by atoms with Crippen molar-refractivity contribution in [3.8, 4) is 0 Å². The fourth-order valence-electron chi connectivity index (χ4n) is 2.25. The first kappa shape index (κ1) is 16.2. The van der Waals surface area contributed by atoms with Gasteiger partial charge in [0.25, 0.3) is 0 Å². The highest BCUT2D eigenvalue weighted by Gasteiger charge is 2.08. The van der Waals surface area contributed by atoms with E-state index in [4.69, 9.17) is 0 Å². The highest BCUT2D eigenvalue weighted by molar-refractivity contribution is 5.76. The maximum absolute atomic E-state index is 11.9. The van der Waals surface area contributed by atoms with Crippen LogP contribution < -0.4 is 10.6 Å². The Morgan fingerprint density at radius 1 is 1.27 bits per heavy atom. The Morgan fingerprint density at radius 2 is 2.05 bits per heavy atom. The molecule has 0 saturated heterocycles. The first-order valence-corrected chi connectivity index (χ1v) is 7.69. The van der Waals surface area contributed by atoms with Gasteiger partial charge in [-0.05, 0) is 25.0 Å². The lowest BCUT2D eigenvalue weighted by molar-refractivity contribution is -0.121. The van der Waals surface area contributed by atoms with E-state index in [1.54, 1.807) is 0 Å². The van der Waals surface area contributed by atoms with Gasteiger partial charge in [0.05, 0.1) is 18.8 Å². The molecule has 118 valence electrons. The molecule has 0 bridgehead atoms. The minimum absolute atomic E-state index is 0.0424. The third-order valence-electron chi connectivity index (χ3n) is 3.49. The van der Waals surface area contributed by atoms with Crippen LogP contribution in [-0.4, -0.2) is 28.8 Å². The van der Waals surface area contributed by atoms with Crippen LogP contribution in [0.3, 0.4) is 0 Å². The summed E-state index contributed by atoms with van der Waals surface area (Å²) in [5.41, 5.74) is 2.28. The number of rotatable bonds is 8. The number of nitrogens with zero attached hydrogens (tertiary/aromatic N) is 2. The van der Waals surface area contributed by atoms with Gasteiger partial charge in [-0.2, -0.15) is 5.10 Å². The number of hydrogen-bond donors (Lipinski definition) is 2. The number of aryl methyl sites for hydroxylation is 1. The largest absolute Gasteiger partial charge is 0.350 e. The Balaban J connectivity index is 1.59. The molecule has 0 saturated carbocycles. The summed E-state index contributed by atoms with van der Waals surface area (Å²) >= 11 is 0. The van der Waals surface area contributed by atoms with Crippen molar-refractivity contribution < 1.29 is 4.79 Å². The van der Waals surface area contributed by atoms with Crippen LogP contribution in [0.2, 0.25) is 0 Å². The molecule has 2 N–H and O–H groups in total. The van der Waals surface area contributed by atoms with E-state index >= 15 is 0 Å². The van der Waals surface area contributed by atoms with Gasteiger partial charge in [-0.3, -0.25) is 9.48 Å². The van der Waals surface area contributed by atoms with Crippen LogP contribution >= 0.6 is 0 Å². The van der Waals surface area contributed by atoms with Gasteiger partial charge in [-0.25, -0.2) is 0 Å². The molecule has 0 aliphatic rings. The molecule has 1 heterocycles. The van der Waals surface area contributed by atoms with Crippen LogP contribution in [0.1, 0.15) is 30.5 Å². The third-order valence-corrected chi connectivity index (χ3v) is 3.49. The fraction of sp³-hybridized carbons (Fsp3) is 0.412. The Hall–Kier alpha value is -2.14. The molecule has 5 nitrogen and oxygen atoms in total. The molecule has 5 heteroatoms. The maximum Gasteiger partial charge on any atom is 0.221 e. The summed E-state index contributed by atoms with van der Waals surface area (Å²) in [5, 5.41) is 10.5. The zero-order valence-corrected chi connectivity index (χ0v) is 13.2. The molecule has 0 spiro atoms. The predicted molar refractivity (Wildman–Crippen MR) is 87.5 cm³/mol. The van der Waals surface area contributed by atoms with Crippen molar-refractivity contribution in [3.63, 3.8) is 0 Å². The van der Waals surface area contributed by atoms with Crippen LogP contribution in [0.25, 0.3) is 0 Å². The highest BCUT2D eigenvalue weighted by atomic mass is 16.1. The molecule has 1 amide bonds. The predicted octanol–water partition coefficient (Wildman–Crippen LogP) is 2.05. The van der Waals surface area contributed by atoms with Gasteiger partial charge >= 0.3 is 0 Å². The van der Waals surface area contributed by atoms with Gasteiger partial charge in [0.15, 0.2) is 0 Å². The quantitative estimate of drug-likeness (QED) is 0.734. The average Bonchev–Trinajstić information content (AvgIpc) is 2.93. The first-order chi connectivity index (χ1) is 10.6. The summed E-state index contributed by atoms with van der Waals surface area (Å²) in [6, 6.07) is 10.0. The van der Waals surface area contributed by atoms with E-state index in [2.05, 4.69) is 15.7 Å². The molecular formula is C17H24N4O. The van der Waals surface area contributed by atoms with E-state index in [1.807, 2.05) is 61.3 Å². The molecule has 2 rings (SSSR count). The van der Waals surface area contributed by atoms with Crippen LogP contribution in [0.4, 0.5) is 0 Å². The summed E-state index contributed by atoms with van der Waals surface area (Å²) < 4.78 is 1.90. The molecule has 0 aliphatic carbocycles. The number of hydrogen-bond acceptors (Lipinski definition) is 3. The summed E-state index contributed by atoms with van der Waals surface area (Å²) in [6.07, 6.45) is 4.34. The maximum atomic E-state index is 11.9. The van der Waals surface area contributed by atoms with Gasteiger partial charge in [0.1, 0.15) is 0 Å². The summed E-state index contributed by atoms with van der Waals surface area (Å²) in [7, 11) is 0.